The molecular weight excluding hydrogens is 172 g/mol. The molecule has 0 bridgehead atoms. The van der Waals surface area contributed by atoms with Gasteiger partial charge in [-0.3, -0.25) is 0 Å². The van der Waals surface area contributed by atoms with E-state index in [1.54, 1.807) is 24.0 Å². The van der Waals surface area contributed by atoms with Gasteiger partial charge in [0.15, 0.2) is 0 Å². The molecule has 0 aliphatic carbocycles. The van der Waals surface area contributed by atoms with Crippen LogP contribution in [-0.2, 0) is 9.47 Å². The van der Waals surface area contributed by atoms with Crippen LogP contribution in [0.3, 0.4) is 0 Å². The number of hydrogen-bond donors (Lipinski definition) is 0. The average Bonchev–Trinajstić information content (AvgIpc) is 2.13. The number of methoxy groups -OCH3 is 2. The van der Waals surface area contributed by atoms with Crippen LogP contribution in [0.2, 0.25) is 0 Å². The summed E-state index contributed by atoms with van der Waals surface area (Å²) in [6.45, 7) is 2.26. The Balaban J connectivity index is 2.45. The highest BCUT2D eigenvalue weighted by Gasteiger charge is 2.24. The lowest BCUT2D eigenvalue weighted by Crippen LogP contribution is -2.50. The molecule has 0 unspecified atom stereocenters. The van der Waals surface area contributed by atoms with Crippen molar-refractivity contribution in [1.29, 1.82) is 0 Å². The molecule has 1 saturated heterocycles. The first-order valence-electron chi connectivity index (χ1n) is 4.31. The molecule has 0 aromatic carbocycles. The first kappa shape index (κ1) is 10.3. The SMILES string of the molecule is COCN1CCCN(COC)C1=O. The highest BCUT2D eigenvalue weighted by Crippen LogP contribution is 2.08. The fourth-order valence-corrected chi connectivity index (χ4v) is 1.39. The van der Waals surface area contributed by atoms with Gasteiger partial charge in [0, 0.05) is 27.3 Å². The van der Waals surface area contributed by atoms with E-state index in [4.69, 9.17) is 9.47 Å². The molecule has 5 heteroatoms. The van der Waals surface area contributed by atoms with Gasteiger partial charge in [-0.15, -0.1) is 0 Å². The van der Waals surface area contributed by atoms with Crippen LogP contribution < -0.4 is 0 Å². The topological polar surface area (TPSA) is 42.0 Å². The summed E-state index contributed by atoms with van der Waals surface area (Å²) >= 11 is 0. The fourth-order valence-electron chi connectivity index (χ4n) is 1.39. The Bertz CT molecular complexity index is 155. The first-order valence-corrected chi connectivity index (χ1v) is 4.31. The molecule has 76 valence electrons. The summed E-state index contributed by atoms with van der Waals surface area (Å²) in [6.07, 6.45) is 0.971. The molecule has 0 aromatic heterocycles. The van der Waals surface area contributed by atoms with Crippen molar-refractivity contribution in [3.63, 3.8) is 0 Å². The van der Waals surface area contributed by atoms with E-state index in [-0.39, 0.29) is 6.03 Å². The largest absolute Gasteiger partial charge is 0.364 e. The van der Waals surface area contributed by atoms with Crippen LogP contribution in [0.1, 0.15) is 6.42 Å². The molecule has 0 atom stereocenters. The van der Waals surface area contributed by atoms with Gasteiger partial charge in [-0.25, -0.2) is 4.79 Å². The summed E-state index contributed by atoms with van der Waals surface area (Å²) in [4.78, 5) is 14.9. The number of carbonyl (C=O) groups excluding carboxylic acids is 1. The first-order chi connectivity index (χ1) is 6.29. The summed E-state index contributed by atoms with van der Waals surface area (Å²) in [6, 6.07) is -0.00468. The van der Waals surface area contributed by atoms with Crippen LogP contribution in [0.25, 0.3) is 0 Å². The third-order valence-electron chi connectivity index (χ3n) is 1.97. The molecule has 1 rings (SSSR count). The normalized spacial score (nSPS) is 18.2. The molecule has 5 nitrogen and oxygen atoms in total. The second-order valence-electron chi connectivity index (χ2n) is 3.00. The zero-order valence-electron chi connectivity index (χ0n) is 8.15. The quantitative estimate of drug-likeness (QED) is 0.638. The predicted molar refractivity (Wildman–Crippen MR) is 47.2 cm³/mol. The van der Waals surface area contributed by atoms with Gasteiger partial charge in [-0.2, -0.15) is 0 Å². The van der Waals surface area contributed by atoms with Gasteiger partial charge in [0.2, 0.25) is 0 Å². The van der Waals surface area contributed by atoms with Crippen molar-refractivity contribution in [2.75, 3.05) is 40.8 Å². The van der Waals surface area contributed by atoms with Crippen molar-refractivity contribution in [1.82, 2.24) is 9.80 Å². The minimum Gasteiger partial charge on any atom is -0.364 e. The molecule has 1 aliphatic heterocycles. The van der Waals surface area contributed by atoms with Gasteiger partial charge in [-0.1, -0.05) is 0 Å². The number of nitrogens with zero attached hydrogens (tertiary/aromatic N) is 2. The van der Waals surface area contributed by atoms with Crippen molar-refractivity contribution < 1.29 is 14.3 Å². The molecule has 1 fully saturated rings. The van der Waals surface area contributed by atoms with Crippen molar-refractivity contribution >= 4 is 6.03 Å². The number of urea groups is 1. The minimum absolute atomic E-state index is 0.00468. The van der Waals surface area contributed by atoms with Crippen molar-refractivity contribution in [3.05, 3.63) is 0 Å². The van der Waals surface area contributed by atoms with Gasteiger partial charge < -0.3 is 19.3 Å². The fraction of sp³-hybridized carbons (Fsp3) is 0.875. The van der Waals surface area contributed by atoms with Gasteiger partial charge in [-0.05, 0) is 6.42 Å². The van der Waals surface area contributed by atoms with E-state index in [9.17, 15) is 4.79 Å². The molecule has 0 radical (unpaired) electrons. The molecule has 1 aliphatic rings. The Morgan fingerprint density at radius 3 is 2.00 bits per heavy atom. The number of ether oxygens (including phenoxy) is 2. The Kier molecular flexibility index (Phi) is 3.98. The molecule has 0 aromatic rings. The van der Waals surface area contributed by atoms with Crippen LogP contribution in [0.15, 0.2) is 0 Å². The third kappa shape index (κ3) is 2.57. The lowest BCUT2D eigenvalue weighted by molar-refractivity contribution is 0.0166. The Labute approximate surface area is 78.2 Å². The molecule has 0 N–H and O–H groups in total. The Morgan fingerprint density at radius 2 is 1.62 bits per heavy atom. The Morgan fingerprint density at radius 1 is 1.15 bits per heavy atom. The standard InChI is InChI=1S/C8H16N2O3/c1-12-6-9-4-3-5-10(7-13-2)8(9)11/h3-7H2,1-2H3. The van der Waals surface area contributed by atoms with E-state index >= 15 is 0 Å². The second-order valence-corrected chi connectivity index (χ2v) is 3.00. The van der Waals surface area contributed by atoms with Crippen LogP contribution in [0.4, 0.5) is 4.79 Å². The highest BCUT2D eigenvalue weighted by molar-refractivity contribution is 5.74. The third-order valence-corrected chi connectivity index (χ3v) is 1.97. The molecule has 1 heterocycles. The molecule has 0 saturated carbocycles. The van der Waals surface area contributed by atoms with Crippen LogP contribution in [0, 0.1) is 0 Å². The van der Waals surface area contributed by atoms with E-state index in [0.29, 0.717) is 13.5 Å². The summed E-state index contributed by atoms with van der Waals surface area (Å²) in [7, 11) is 3.17. The lowest BCUT2D eigenvalue weighted by atomic mass is 10.3. The highest BCUT2D eigenvalue weighted by atomic mass is 16.5. The smallest absolute Gasteiger partial charge is 0.323 e. The van der Waals surface area contributed by atoms with Gasteiger partial charge >= 0.3 is 6.03 Å². The summed E-state index contributed by atoms with van der Waals surface area (Å²) < 4.78 is 9.83. The lowest BCUT2D eigenvalue weighted by Gasteiger charge is -2.34. The number of amides is 2. The molecule has 2 amide bonds. The average molecular weight is 188 g/mol. The van der Waals surface area contributed by atoms with Crippen LogP contribution in [0.5, 0.6) is 0 Å². The van der Waals surface area contributed by atoms with Crippen LogP contribution in [-0.4, -0.2) is 56.6 Å². The van der Waals surface area contributed by atoms with E-state index in [1.165, 1.54) is 0 Å². The van der Waals surface area contributed by atoms with Gasteiger partial charge in [0.05, 0.1) is 0 Å². The van der Waals surface area contributed by atoms with E-state index in [1.807, 2.05) is 0 Å². The second kappa shape index (κ2) is 5.04. The zero-order chi connectivity index (χ0) is 9.68. The summed E-state index contributed by atoms with van der Waals surface area (Å²) in [5, 5.41) is 0. The molecule has 0 spiro atoms. The number of carbonyl (C=O) groups is 1. The summed E-state index contributed by atoms with van der Waals surface area (Å²) in [5.74, 6) is 0. The minimum atomic E-state index is -0.00468. The Hall–Kier alpha value is -0.810. The molecular formula is C8H16N2O3. The number of rotatable bonds is 4. The number of hydrogen-bond acceptors (Lipinski definition) is 3. The van der Waals surface area contributed by atoms with Gasteiger partial charge in [0.25, 0.3) is 0 Å². The maximum atomic E-state index is 11.6. The summed E-state index contributed by atoms with van der Waals surface area (Å²) in [5.41, 5.74) is 0. The van der Waals surface area contributed by atoms with E-state index in [0.717, 1.165) is 19.5 Å². The van der Waals surface area contributed by atoms with Gasteiger partial charge in [0.1, 0.15) is 13.5 Å². The van der Waals surface area contributed by atoms with Crippen molar-refractivity contribution in [2.24, 2.45) is 0 Å². The van der Waals surface area contributed by atoms with Crippen molar-refractivity contribution in [2.45, 2.75) is 6.42 Å². The van der Waals surface area contributed by atoms with Crippen LogP contribution >= 0.6 is 0 Å². The van der Waals surface area contributed by atoms with E-state index in [2.05, 4.69) is 0 Å². The maximum Gasteiger partial charge on any atom is 0.323 e. The predicted octanol–water partition coefficient (Wildman–Crippen LogP) is 0.322. The van der Waals surface area contributed by atoms with E-state index < -0.39 is 0 Å². The van der Waals surface area contributed by atoms with Crippen molar-refractivity contribution in [3.8, 4) is 0 Å². The maximum absolute atomic E-state index is 11.6. The zero-order valence-corrected chi connectivity index (χ0v) is 8.15. The monoisotopic (exact) mass is 188 g/mol. The molecule has 13 heavy (non-hydrogen) atoms.